The van der Waals surface area contributed by atoms with Gasteiger partial charge in [-0.3, -0.25) is 4.79 Å². The molecular weight excluding hydrogens is 252 g/mol. The van der Waals surface area contributed by atoms with Crippen LogP contribution in [0.15, 0.2) is 35.3 Å². The molecule has 2 rings (SSSR count). The first-order valence-electron chi connectivity index (χ1n) is 5.24. The summed E-state index contributed by atoms with van der Waals surface area (Å²) in [4.78, 5) is 22.3. The molecule has 0 fully saturated rings. The van der Waals surface area contributed by atoms with Crippen molar-refractivity contribution in [3.63, 3.8) is 0 Å². The lowest BCUT2D eigenvalue weighted by molar-refractivity contribution is 0.0686. The largest absolute Gasteiger partial charge is 0.503 e. The second-order valence-electron chi connectivity index (χ2n) is 3.61. The molecule has 0 saturated carbocycles. The molecule has 7 heteroatoms. The molecule has 2 aromatic rings. The van der Waals surface area contributed by atoms with E-state index in [0.29, 0.717) is 11.4 Å². The Kier molecular flexibility index (Phi) is 3.19. The van der Waals surface area contributed by atoms with Gasteiger partial charge < -0.3 is 14.9 Å². The molecule has 2 N–H and O–H groups in total. The number of nitrogens with zero attached hydrogens (tertiary/aromatic N) is 2. The molecule has 19 heavy (non-hydrogen) atoms. The maximum Gasteiger partial charge on any atom is 0.360 e. The normalized spacial score (nSPS) is 10.2. The average Bonchev–Trinajstić information content (AvgIpc) is 2.41. The molecule has 0 aliphatic carbocycles. The van der Waals surface area contributed by atoms with E-state index in [2.05, 4.69) is 5.10 Å². The van der Waals surface area contributed by atoms with E-state index in [1.54, 1.807) is 24.3 Å². The van der Waals surface area contributed by atoms with Crippen molar-refractivity contribution in [3.8, 4) is 17.2 Å². The molecule has 7 nitrogen and oxygen atoms in total. The summed E-state index contributed by atoms with van der Waals surface area (Å²) in [6, 6.07) is 6.67. The zero-order valence-corrected chi connectivity index (χ0v) is 9.90. The van der Waals surface area contributed by atoms with Crippen LogP contribution in [0.1, 0.15) is 10.5 Å². The standard InChI is InChI=1S/C12H10N2O5/c1-19-9-5-3-2-4-7(9)14-6-8(15)11(16)10(13-14)12(17)18/h2-6,15H,1H3,(H,17,18). The number of hydrogen-bond acceptors (Lipinski definition) is 5. The number of hydrogen-bond donors (Lipinski definition) is 2. The number of carboxylic acids is 1. The van der Waals surface area contributed by atoms with Gasteiger partial charge in [0.05, 0.1) is 13.3 Å². The predicted octanol–water partition coefficient (Wildman–Crippen LogP) is 0.645. The predicted molar refractivity (Wildman–Crippen MR) is 65.0 cm³/mol. The molecule has 0 atom stereocenters. The lowest BCUT2D eigenvalue weighted by Gasteiger charge is -2.10. The molecule has 0 aliphatic rings. The third-order valence-corrected chi connectivity index (χ3v) is 2.43. The van der Waals surface area contributed by atoms with Crippen LogP contribution in [0.3, 0.4) is 0 Å². The van der Waals surface area contributed by atoms with Crippen LogP contribution in [0.4, 0.5) is 0 Å². The Morgan fingerprint density at radius 1 is 1.37 bits per heavy atom. The van der Waals surface area contributed by atoms with Crippen LogP contribution in [-0.2, 0) is 0 Å². The van der Waals surface area contributed by atoms with E-state index < -0.39 is 22.8 Å². The zero-order valence-electron chi connectivity index (χ0n) is 9.90. The summed E-state index contributed by atoms with van der Waals surface area (Å²) in [5, 5.41) is 22.0. The van der Waals surface area contributed by atoms with Gasteiger partial charge in [-0.1, -0.05) is 12.1 Å². The maximum atomic E-state index is 11.4. The first kappa shape index (κ1) is 12.6. The first-order chi connectivity index (χ1) is 9.04. The van der Waals surface area contributed by atoms with Gasteiger partial charge in [0.1, 0.15) is 11.4 Å². The molecule has 1 aromatic heterocycles. The van der Waals surface area contributed by atoms with Crippen LogP contribution in [-0.4, -0.2) is 33.1 Å². The van der Waals surface area contributed by atoms with Crippen LogP contribution in [0.25, 0.3) is 5.69 Å². The van der Waals surface area contributed by atoms with Gasteiger partial charge in [-0.15, -0.1) is 0 Å². The fraction of sp³-hybridized carbons (Fsp3) is 0.0833. The summed E-state index contributed by atoms with van der Waals surface area (Å²) >= 11 is 0. The van der Waals surface area contributed by atoms with Crippen molar-refractivity contribution in [1.82, 2.24) is 9.78 Å². The number of ether oxygens (including phenoxy) is 1. The summed E-state index contributed by atoms with van der Waals surface area (Å²) in [7, 11) is 1.44. The number of para-hydroxylation sites is 2. The van der Waals surface area contributed by atoms with E-state index in [0.717, 1.165) is 10.9 Å². The highest BCUT2D eigenvalue weighted by Gasteiger charge is 2.17. The monoisotopic (exact) mass is 262 g/mol. The van der Waals surface area contributed by atoms with E-state index in [1.807, 2.05) is 0 Å². The van der Waals surface area contributed by atoms with E-state index in [4.69, 9.17) is 9.84 Å². The number of aromatic carboxylic acids is 1. The molecule has 0 unspecified atom stereocenters. The summed E-state index contributed by atoms with van der Waals surface area (Å²) < 4.78 is 6.18. The molecule has 1 aromatic carbocycles. The molecule has 0 saturated heterocycles. The summed E-state index contributed by atoms with van der Waals surface area (Å²) in [5.41, 5.74) is -1.38. The topological polar surface area (TPSA) is 102 Å². The van der Waals surface area contributed by atoms with Crippen molar-refractivity contribution in [2.45, 2.75) is 0 Å². The molecule has 0 amide bonds. The Morgan fingerprint density at radius 3 is 2.68 bits per heavy atom. The number of carboxylic acid groups (broad SMARTS) is 1. The van der Waals surface area contributed by atoms with Crippen molar-refractivity contribution in [1.29, 1.82) is 0 Å². The van der Waals surface area contributed by atoms with E-state index in [1.165, 1.54) is 7.11 Å². The van der Waals surface area contributed by atoms with Crippen molar-refractivity contribution < 1.29 is 19.7 Å². The van der Waals surface area contributed by atoms with Crippen molar-refractivity contribution >= 4 is 5.97 Å². The molecular formula is C12H10N2O5. The summed E-state index contributed by atoms with van der Waals surface area (Å²) in [6.45, 7) is 0. The SMILES string of the molecule is COc1ccccc1-n1cc(O)c(=O)c(C(=O)O)n1. The van der Waals surface area contributed by atoms with Crippen molar-refractivity contribution in [3.05, 3.63) is 46.4 Å². The first-order valence-corrected chi connectivity index (χ1v) is 5.24. The zero-order chi connectivity index (χ0) is 14.0. The van der Waals surface area contributed by atoms with Gasteiger partial charge in [0.2, 0.25) is 5.69 Å². The number of benzene rings is 1. The Labute approximate surface area is 107 Å². The number of methoxy groups -OCH3 is 1. The van der Waals surface area contributed by atoms with Crippen LogP contribution < -0.4 is 10.2 Å². The summed E-state index contributed by atoms with van der Waals surface area (Å²) in [6.07, 6.45) is 1.03. The lowest BCUT2D eigenvalue weighted by atomic mass is 10.3. The lowest BCUT2D eigenvalue weighted by Crippen LogP contribution is -2.21. The Hall–Kier alpha value is -2.83. The minimum atomic E-state index is -1.51. The Bertz CT molecular complexity index is 693. The second kappa shape index (κ2) is 4.81. The fourth-order valence-electron chi connectivity index (χ4n) is 1.56. The van der Waals surface area contributed by atoms with Crippen LogP contribution in [0.2, 0.25) is 0 Å². The minimum Gasteiger partial charge on any atom is -0.503 e. The highest BCUT2D eigenvalue weighted by atomic mass is 16.5. The third kappa shape index (κ3) is 2.25. The van der Waals surface area contributed by atoms with Crippen molar-refractivity contribution in [2.75, 3.05) is 7.11 Å². The third-order valence-electron chi connectivity index (χ3n) is 2.43. The molecule has 1 heterocycles. The van der Waals surface area contributed by atoms with E-state index in [9.17, 15) is 14.7 Å². The second-order valence-corrected chi connectivity index (χ2v) is 3.61. The van der Waals surface area contributed by atoms with E-state index in [-0.39, 0.29) is 0 Å². The highest BCUT2D eigenvalue weighted by molar-refractivity contribution is 5.85. The number of aromatic hydroxyl groups is 1. The quantitative estimate of drug-likeness (QED) is 0.841. The number of rotatable bonds is 3. The smallest absolute Gasteiger partial charge is 0.360 e. The Morgan fingerprint density at radius 2 is 2.05 bits per heavy atom. The molecule has 0 spiro atoms. The highest BCUT2D eigenvalue weighted by Crippen LogP contribution is 2.21. The number of carbonyl (C=O) groups is 1. The van der Waals surface area contributed by atoms with Gasteiger partial charge in [-0.2, -0.15) is 5.10 Å². The molecule has 0 radical (unpaired) electrons. The Balaban J connectivity index is 2.70. The van der Waals surface area contributed by atoms with E-state index >= 15 is 0 Å². The molecule has 98 valence electrons. The van der Waals surface area contributed by atoms with Gasteiger partial charge in [0.25, 0.3) is 5.43 Å². The van der Waals surface area contributed by atoms with Crippen LogP contribution in [0.5, 0.6) is 11.5 Å². The average molecular weight is 262 g/mol. The maximum absolute atomic E-state index is 11.4. The van der Waals surface area contributed by atoms with Gasteiger partial charge in [-0.05, 0) is 12.1 Å². The number of aromatic nitrogens is 2. The van der Waals surface area contributed by atoms with Crippen LogP contribution in [0, 0.1) is 0 Å². The fourth-order valence-corrected chi connectivity index (χ4v) is 1.56. The van der Waals surface area contributed by atoms with Gasteiger partial charge in [0.15, 0.2) is 5.75 Å². The molecule has 0 bridgehead atoms. The summed E-state index contributed by atoms with van der Waals surface area (Å²) in [5.74, 6) is -1.78. The van der Waals surface area contributed by atoms with Gasteiger partial charge in [0, 0.05) is 0 Å². The van der Waals surface area contributed by atoms with Gasteiger partial charge >= 0.3 is 5.97 Å². The van der Waals surface area contributed by atoms with Gasteiger partial charge in [-0.25, -0.2) is 9.48 Å². The van der Waals surface area contributed by atoms with Crippen LogP contribution >= 0.6 is 0 Å². The molecule has 0 aliphatic heterocycles. The van der Waals surface area contributed by atoms with Crippen molar-refractivity contribution in [2.24, 2.45) is 0 Å². The minimum absolute atomic E-state index is 0.405.